The molecule has 1 aromatic carbocycles. The van der Waals surface area contributed by atoms with Crippen LogP contribution in [0, 0.1) is 5.82 Å². The summed E-state index contributed by atoms with van der Waals surface area (Å²) in [4.78, 5) is 18.3. The molecule has 9 heteroatoms. The van der Waals surface area contributed by atoms with Gasteiger partial charge in [-0.05, 0) is 32.8 Å². The molecule has 0 saturated carbocycles. The van der Waals surface area contributed by atoms with Crippen LogP contribution >= 0.6 is 11.3 Å². The Morgan fingerprint density at radius 3 is 2.89 bits per heavy atom. The number of thiazole rings is 1. The van der Waals surface area contributed by atoms with Crippen molar-refractivity contribution in [1.82, 2.24) is 15.2 Å². The van der Waals surface area contributed by atoms with Crippen LogP contribution in [0.25, 0.3) is 10.2 Å². The molecule has 4 rings (SSSR count). The lowest BCUT2D eigenvalue weighted by Gasteiger charge is -2.41. The molecule has 0 radical (unpaired) electrons. The van der Waals surface area contributed by atoms with E-state index in [-0.39, 0.29) is 30.1 Å². The summed E-state index contributed by atoms with van der Waals surface area (Å²) in [6.07, 6.45) is 1.07. The van der Waals surface area contributed by atoms with Crippen LogP contribution in [0.1, 0.15) is 26.7 Å². The van der Waals surface area contributed by atoms with Crippen LogP contribution in [0.4, 0.5) is 9.18 Å². The first-order valence-corrected chi connectivity index (χ1v) is 10.3. The van der Waals surface area contributed by atoms with Gasteiger partial charge in [-0.3, -0.25) is 0 Å². The predicted molar refractivity (Wildman–Crippen MR) is 103 cm³/mol. The van der Waals surface area contributed by atoms with Crippen molar-refractivity contribution < 1.29 is 23.8 Å². The molecule has 1 aromatic heterocycles. The first-order valence-electron chi connectivity index (χ1n) is 9.38. The number of benzene rings is 1. The van der Waals surface area contributed by atoms with E-state index in [0.29, 0.717) is 37.4 Å². The second-order valence-electron chi connectivity index (χ2n) is 7.95. The molecule has 0 aliphatic carbocycles. The Kier molecular flexibility index (Phi) is 5.15. The van der Waals surface area contributed by atoms with E-state index in [1.807, 2.05) is 0 Å². The molecule has 2 N–H and O–H groups in total. The molecular weight excluding hydrogens is 385 g/mol. The smallest absolute Gasteiger partial charge is 0.317 e. The third-order valence-electron chi connectivity index (χ3n) is 5.19. The van der Waals surface area contributed by atoms with Crippen molar-refractivity contribution in [3.63, 3.8) is 0 Å². The number of amides is 2. The first kappa shape index (κ1) is 19.4. The summed E-state index contributed by atoms with van der Waals surface area (Å²) in [6.45, 7) is 4.73. The normalized spacial score (nSPS) is 23.5. The van der Waals surface area contributed by atoms with Gasteiger partial charge in [0.2, 0.25) is 0 Å². The number of carbonyl (C=O) groups is 1. The van der Waals surface area contributed by atoms with Crippen molar-refractivity contribution in [3.8, 4) is 5.75 Å². The standard InChI is InChI=1S/C19H24FN3O4S/c1-19(2,25)16-4-3-12(9-26-16)22-18(24)23-7-13(8-23)27-14-5-11(20)6-15-17(14)21-10-28-15/h5-6,10,12-13,16,25H,3-4,7-9H2,1-2H3,(H,22,24). The molecule has 2 atom stereocenters. The number of nitrogens with zero attached hydrogens (tertiary/aromatic N) is 2. The van der Waals surface area contributed by atoms with E-state index in [0.717, 1.165) is 11.1 Å². The van der Waals surface area contributed by atoms with E-state index < -0.39 is 5.60 Å². The molecule has 152 valence electrons. The SMILES string of the molecule is CC(C)(O)C1CCC(NC(=O)N2CC(Oc3cc(F)cc4scnc34)C2)CO1. The van der Waals surface area contributed by atoms with Crippen molar-refractivity contribution in [1.29, 1.82) is 0 Å². The maximum absolute atomic E-state index is 13.7. The molecule has 28 heavy (non-hydrogen) atoms. The quantitative estimate of drug-likeness (QED) is 0.811. The number of hydrogen-bond acceptors (Lipinski definition) is 6. The minimum atomic E-state index is -0.878. The maximum atomic E-state index is 13.7. The molecule has 0 spiro atoms. The second-order valence-corrected chi connectivity index (χ2v) is 8.83. The number of hydrogen-bond donors (Lipinski definition) is 2. The number of aromatic nitrogens is 1. The lowest BCUT2D eigenvalue weighted by molar-refractivity contribution is -0.114. The number of fused-ring (bicyclic) bond motifs is 1. The van der Waals surface area contributed by atoms with Crippen molar-refractivity contribution >= 4 is 27.6 Å². The summed E-state index contributed by atoms with van der Waals surface area (Å²) in [7, 11) is 0. The summed E-state index contributed by atoms with van der Waals surface area (Å²) in [5.74, 6) is 0.0574. The monoisotopic (exact) mass is 409 g/mol. The van der Waals surface area contributed by atoms with Gasteiger partial charge in [-0.2, -0.15) is 0 Å². The van der Waals surface area contributed by atoms with Gasteiger partial charge in [-0.25, -0.2) is 14.2 Å². The number of nitrogens with one attached hydrogen (secondary N) is 1. The number of aliphatic hydroxyl groups is 1. The Morgan fingerprint density at radius 2 is 2.21 bits per heavy atom. The molecule has 2 fully saturated rings. The average molecular weight is 409 g/mol. The molecular formula is C19H24FN3O4S. The average Bonchev–Trinajstić information content (AvgIpc) is 3.05. The van der Waals surface area contributed by atoms with Crippen LogP contribution in [-0.4, -0.2) is 64.6 Å². The molecule has 2 aliphatic heterocycles. The van der Waals surface area contributed by atoms with Crippen LogP contribution in [0.15, 0.2) is 17.6 Å². The fraction of sp³-hybridized carbons (Fsp3) is 0.579. The van der Waals surface area contributed by atoms with Crippen LogP contribution in [0.3, 0.4) is 0 Å². The minimum Gasteiger partial charge on any atom is -0.484 e. The van der Waals surface area contributed by atoms with Crippen molar-refractivity contribution in [2.24, 2.45) is 0 Å². The van der Waals surface area contributed by atoms with E-state index in [1.165, 1.54) is 23.5 Å². The molecule has 2 aromatic rings. The van der Waals surface area contributed by atoms with Gasteiger partial charge >= 0.3 is 6.03 Å². The van der Waals surface area contributed by atoms with Gasteiger partial charge in [0.1, 0.15) is 23.2 Å². The first-order chi connectivity index (χ1) is 13.3. The van der Waals surface area contributed by atoms with Crippen molar-refractivity contribution in [2.75, 3.05) is 19.7 Å². The summed E-state index contributed by atoms with van der Waals surface area (Å²) in [5.41, 5.74) is 1.43. The highest BCUT2D eigenvalue weighted by Gasteiger charge is 2.36. The molecule has 3 heterocycles. The zero-order chi connectivity index (χ0) is 19.9. The van der Waals surface area contributed by atoms with Gasteiger partial charge in [-0.15, -0.1) is 11.3 Å². The zero-order valence-electron chi connectivity index (χ0n) is 15.9. The Labute approximate surface area is 166 Å². The predicted octanol–water partition coefficient (Wildman–Crippen LogP) is 2.53. The van der Waals surface area contributed by atoms with E-state index in [4.69, 9.17) is 9.47 Å². The third kappa shape index (κ3) is 4.06. The van der Waals surface area contributed by atoms with E-state index in [1.54, 1.807) is 24.3 Å². The number of halogens is 1. The Morgan fingerprint density at radius 1 is 1.43 bits per heavy atom. The third-order valence-corrected chi connectivity index (χ3v) is 5.96. The van der Waals surface area contributed by atoms with E-state index in [2.05, 4.69) is 10.3 Å². The van der Waals surface area contributed by atoms with Crippen LogP contribution in [-0.2, 0) is 4.74 Å². The fourth-order valence-corrected chi connectivity index (χ4v) is 4.26. The Bertz CT molecular complexity index is 854. The van der Waals surface area contributed by atoms with Gasteiger partial charge < -0.3 is 24.8 Å². The number of ether oxygens (including phenoxy) is 2. The topological polar surface area (TPSA) is 83.9 Å². The van der Waals surface area contributed by atoms with Gasteiger partial charge in [0.15, 0.2) is 0 Å². The lowest BCUT2D eigenvalue weighted by Crippen LogP contribution is -2.61. The van der Waals surface area contributed by atoms with Crippen molar-refractivity contribution in [2.45, 2.75) is 50.5 Å². The Hall–Kier alpha value is -1.97. The minimum absolute atomic E-state index is 0.0658. The summed E-state index contributed by atoms with van der Waals surface area (Å²) < 4.78 is 26.0. The summed E-state index contributed by atoms with van der Waals surface area (Å²) >= 11 is 1.36. The summed E-state index contributed by atoms with van der Waals surface area (Å²) in [6, 6.07) is 2.55. The van der Waals surface area contributed by atoms with E-state index in [9.17, 15) is 14.3 Å². The molecule has 2 unspecified atom stereocenters. The van der Waals surface area contributed by atoms with Gasteiger partial charge in [0.25, 0.3) is 0 Å². The molecule has 0 bridgehead atoms. The highest BCUT2D eigenvalue weighted by atomic mass is 32.1. The van der Waals surface area contributed by atoms with Crippen molar-refractivity contribution in [3.05, 3.63) is 23.5 Å². The van der Waals surface area contributed by atoms with Gasteiger partial charge in [0, 0.05) is 6.07 Å². The second kappa shape index (κ2) is 7.46. The van der Waals surface area contributed by atoms with Crippen LogP contribution in [0.5, 0.6) is 5.75 Å². The summed E-state index contributed by atoms with van der Waals surface area (Å²) in [5, 5.41) is 13.0. The molecule has 2 saturated heterocycles. The maximum Gasteiger partial charge on any atom is 0.317 e. The Balaban J connectivity index is 1.25. The highest BCUT2D eigenvalue weighted by Crippen LogP contribution is 2.30. The van der Waals surface area contributed by atoms with Gasteiger partial charge in [0.05, 0.1) is 47.7 Å². The number of rotatable bonds is 4. The fourth-order valence-electron chi connectivity index (χ4n) is 3.54. The molecule has 2 amide bonds. The number of likely N-dealkylation sites (tertiary alicyclic amines) is 1. The number of urea groups is 1. The van der Waals surface area contributed by atoms with Crippen LogP contribution < -0.4 is 10.1 Å². The van der Waals surface area contributed by atoms with Crippen LogP contribution in [0.2, 0.25) is 0 Å². The number of carbonyl (C=O) groups excluding carboxylic acids is 1. The lowest BCUT2D eigenvalue weighted by atomic mass is 9.93. The molecule has 2 aliphatic rings. The zero-order valence-corrected chi connectivity index (χ0v) is 16.7. The molecule has 7 nitrogen and oxygen atoms in total. The van der Waals surface area contributed by atoms with E-state index >= 15 is 0 Å². The highest BCUT2D eigenvalue weighted by molar-refractivity contribution is 7.16. The largest absolute Gasteiger partial charge is 0.484 e. The van der Waals surface area contributed by atoms with Gasteiger partial charge in [-0.1, -0.05) is 0 Å².